The van der Waals surface area contributed by atoms with Gasteiger partial charge >= 0.3 is 0 Å². The van der Waals surface area contributed by atoms with Gasteiger partial charge in [-0.05, 0) is 18.8 Å². The van der Waals surface area contributed by atoms with E-state index in [0.717, 1.165) is 5.69 Å². The van der Waals surface area contributed by atoms with E-state index in [1.165, 1.54) is 19.3 Å². The van der Waals surface area contributed by atoms with Crippen molar-refractivity contribution in [3.05, 3.63) is 12.4 Å². The number of hydrogen-bond donors (Lipinski definition) is 0. The zero-order valence-corrected chi connectivity index (χ0v) is 9.93. The summed E-state index contributed by atoms with van der Waals surface area (Å²) in [6.45, 7) is 0. The van der Waals surface area contributed by atoms with E-state index in [9.17, 15) is 0 Å². The largest absolute Gasteiger partial charge is 0.375 e. The molecule has 1 aliphatic rings. The molecule has 0 aromatic carbocycles. The van der Waals surface area contributed by atoms with Crippen LogP contribution in [0.15, 0.2) is 12.4 Å². The Morgan fingerprint density at radius 2 is 2.38 bits per heavy atom. The van der Waals surface area contributed by atoms with E-state index in [1.54, 1.807) is 0 Å². The second-order valence-corrected chi connectivity index (χ2v) is 4.69. The van der Waals surface area contributed by atoms with E-state index in [2.05, 4.69) is 11.2 Å². The topological polar surface area (TPSA) is 44.9 Å². The van der Waals surface area contributed by atoms with Gasteiger partial charge in [0.2, 0.25) is 0 Å². The summed E-state index contributed by atoms with van der Waals surface area (Å²) in [6.07, 6.45) is 8.25. The van der Waals surface area contributed by atoms with Gasteiger partial charge in [-0.1, -0.05) is 6.42 Å². The maximum Gasteiger partial charge on any atom is 0.0747 e. The van der Waals surface area contributed by atoms with E-state index < -0.39 is 0 Å². The van der Waals surface area contributed by atoms with Crippen molar-refractivity contribution >= 4 is 5.69 Å². The van der Waals surface area contributed by atoms with Gasteiger partial charge < -0.3 is 4.90 Å². The van der Waals surface area contributed by atoms with Crippen LogP contribution in [0.25, 0.3) is 0 Å². The van der Waals surface area contributed by atoms with Crippen LogP contribution < -0.4 is 4.90 Å². The molecule has 0 amide bonds. The van der Waals surface area contributed by atoms with Gasteiger partial charge in [-0.15, -0.1) is 0 Å². The average molecular weight is 218 g/mol. The van der Waals surface area contributed by atoms with Crippen molar-refractivity contribution < 1.29 is 0 Å². The predicted molar refractivity (Wildman–Crippen MR) is 63.2 cm³/mol. The third-order valence-electron chi connectivity index (χ3n) is 3.44. The molecular formula is C12H18N4. The Labute approximate surface area is 96.5 Å². The zero-order valence-electron chi connectivity index (χ0n) is 9.93. The second-order valence-electron chi connectivity index (χ2n) is 4.69. The lowest BCUT2D eigenvalue weighted by molar-refractivity contribution is 0.199. The normalized spacial score (nSPS) is 17.6. The van der Waals surface area contributed by atoms with Crippen molar-refractivity contribution in [1.29, 1.82) is 5.26 Å². The maximum atomic E-state index is 8.88. The zero-order chi connectivity index (χ0) is 11.5. The third-order valence-corrected chi connectivity index (χ3v) is 3.44. The first-order valence-electron chi connectivity index (χ1n) is 5.81. The molecule has 0 aliphatic heterocycles. The summed E-state index contributed by atoms with van der Waals surface area (Å²) in [5.41, 5.74) is 1.10. The molecule has 1 atom stereocenters. The summed E-state index contributed by atoms with van der Waals surface area (Å²) in [5.74, 6) is 0.648. The molecule has 1 unspecified atom stereocenters. The van der Waals surface area contributed by atoms with Crippen molar-refractivity contribution in [3.8, 4) is 6.07 Å². The van der Waals surface area contributed by atoms with Gasteiger partial charge in [0.15, 0.2) is 0 Å². The van der Waals surface area contributed by atoms with Crippen LogP contribution in [0.3, 0.4) is 0 Å². The molecule has 4 nitrogen and oxygen atoms in total. The number of nitrogens with zero attached hydrogens (tertiary/aromatic N) is 4. The van der Waals surface area contributed by atoms with Crippen molar-refractivity contribution in [2.24, 2.45) is 5.92 Å². The van der Waals surface area contributed by atoms with Crippen LogP contribution in [0.4, 0.5) is 5.69 Å². The van der Waals surface area contributed by atoms with E-state index in [4.69, 9.17) is 5.26 Å². The maximum absolute atomic E-state index is 8.88. The summed E-state index contributed by atoms with van der Waals surface area (Å²) < 4.78 is 1.97. The number of rotatable bonds is 4. The molecule has 1 aliphatic carbocycles. The van der Waals surface area contributed by atoms with Gasteiger partial charge in [0.25, 0.3) is 0 Å². The Kier molecular flexibility index (Phi) is 3.14. The van der Waals surface area contributed by atoms with Crippen molar-refractivity contribution in [2.75, 3.05) is 19.0 Å². The Hall–Kier alpha value is -1.50. The summed E-state index contributed by atoms with van der Waals surface area (Å²) in [7, 11) is 4.01. The van der Waals surface area contributed by atoms with Gasteiger partial charge in [0.05, 0.1) is 30.4 Å². The molecule has 1 aromatic heterocycles. The second kappa shape index (κ2) is 4.56. The molecule has 0 saturated heterocycles. The van der Waals surface area contributed by atoms with Crippen LogP contribution in [0, 0.1) is 17.2 Å². The van der Waals surface area contributed by atoms with Crippen LogP contribution in [0.2, 0.25) is 0 Å². The molecular weight excluding hydrogens is 200 g/mol. The van der Waals surface area contributed by atoms with E-state index in [0.29, 0.717) is 12.3 Å². The predicted octanol–water partition coefficient (Wildman–Crippen LogP) is 2.20. The Morgan fingerprint density at radius 3 is 2.81 bits per heavy atom. The molecule has 1 heterocycles. The minimum atomic E-state index is 0.271. The highest BCUT2D eigenvalue weighted by Crippen LogP contribution is 2.38. The number of hydrogen-bond acceptors (Lipinski definition) is 3. The minimum absolute atomic E-state index is 0.271. The van der Waals surface area contributed by atoms with Gasteiger partial charge in [-0.3, -0.25) is 4.68 Å². The van der Waals surface area contributed by atoms with Gasteiger partial charge in [-0.25, -0.2) is 0 Å². The Bertz CT molecular complexity index is 384. The fourth-order valence-corrected chi connectivity index (χ4v) is 2.13. The summed E-state index contributed by atoms with van der Waals surface area (Å²) in [6, 6.07) is 2.55. The molecule has 0 N–H and O–H groups in total. The summed E-state index contributed by atoms with van der Waals surface area (Å²) in [5, 5.41) is 13.3. The molecule has 2 rings (SSSR count). The van der Waals surface area contributed by atoms with Gasteiger partial charge in [0, 0.05) is 20.3 Å². The van der Waals surface area contributed by atoms with E-state index >= 15 is 0 Å². The first-order chi connectivity index (χ1) is 7.72. The van der Waals surface area contributed by atoms with Gasteiger partial charge in [-0.2, -0.15) is 10.4 Å². The smallest absolute Gasteiger partial charge is 0.0747 e. The van der Waals surface area contributed by atoms with Crippen LogP contribution in [-0.2, 0) is 0 Å². The fraction of sp³-hybridized carbons (Fsp3) is 0.667. The average Bonchev–Trinajstić information content (AvgIpc) is 2.62. The van der Waals surface area contributed by atoms with Crippen molar-refractivity contribution in [3.63, 3.8) is 0 Å². The SMILES string of the molecule is CN(C)c1cnn(C(CC#N)C2CCC2)c1. The number of aromatic nitrogens is 2. The van der Waals surface area contributed by atoms with Crippen LogP contribution in [0.5, 0.6) is 0 Å². The lowest BCUT2D eigenvalue weighted by Crippen LogP contribution is -2.25. The molecule has 1 fully saturated rings. The summed E-state index contributed by atoms with van der Waals surface area (Å²) in [4.78, 5) is 2.04. The molecule has 1 saturated carbocycles. The number of nitriles is 1. The highest BCUT2D eigenvalue weighted by Gasteiger charge is 2.29. The molecule has 0 bridgehead atoms. The molecule has 16 heavy (non-hydrogen) atoms. The first-order valence-corrected chi connectivity index (χ1v) is 5.81. The minimum Gasteiger partial charge on any atom is -0.375 e. The fourth-order valence-electron chi connectivity index (χ4n) is 2.13. The van der Waals surface area contributed by atoms with Crippen LogP contribution in [0.1, 0.15) is 31.7 Å². The monoisotopic (exact) mass is 218 g/mol. The first kappa shape index (κ1) is 11.0. The molecule has 0 spiro atoms. The molecule has 4 heteroatoms. The number of anilines is 1. The van der Waals surface area contributed by atoms with Crippen LogP contribution in [-0.4, -0.2) is 23.9 Å². The quantitative estimate of drug-likeness (QED) is 0.778. The van der Waals surface area contributed by atoms with E-state index in [1.807, 2.05) is 36.1 Å². The van der Waals surface area contributed by atoms with Crippen molar-refractivity contribution in [2.45, 2.75) is 31.7 Å². The third kappa shape index (κ3) is 2.04. The van der Waals surface area contributed by atoms with Crippen molar-refractivity contribution in [1.82, 2.24) is 9.78 Å². The van der Waals surface area contributed by atoms with Crippen LogP contribution >= 0.6 is 0 Å². The molecule has 1 aromatic rings. The standard InChI is InChI=1S/C12H18N4/c1-15(2)11-8-14-16(9-11)12(6-7-13)10-4-3-5-10/h8-10,12H,3-6H2,1-2H3. The highest BCUT2D eigenvalue weighted by molar-refractivity contribution is 5.40. The summed E-state index contributed by atoms with van der Waals surface area (Å²) >= 11 is 0. The lowest BCUT2D eigenvalue weighted by Gasteiger charge is -2.32. The van der Waals surface area contributed by atoms with Gasteiger partial charge in [0.1, 0.15) is 0 Å². The highest BCUT2D eigenvalue weighted by atomic mass is 15.3. The Morgan fingerprint density at radius 1 is 1.62 bits per heavy atom. The molecule has 0 radical (unpaired) electrons. The Balaban J connectivity index is 2.14. The molecule has 86 valence electrons. The van der Waals surface area contributed by atoms with E-state index in [-0.39, 0.29) is 6.04 Å². The lowest BCUT2D eigenvalue weighted by atomic mass is 9.79.